The van der Waals surface area contributed by atoms with Crippen molar-refractivity contribution in [2.24, 2.45) is 0 Å². The third-order valence-electron chi connectivity index (χ3n) is 3.49. The largest absolute Gasteiger partial charge is 0.280 e. The van der Waals surface area contributed by atoms with E-state index in [1.165, 1.54) is 11.3 Å². The van der Waals surface area contributed by atoms with Gasteiger partial charge < -0.3 is 0 Å². The second kappa shape index (κ2) is 6.55. The average molecular weight is 379 g/mol. The highest BCUT2D eigenvalue weighted by atomic mass is 35.5. The maximum atomic E-state index is 12.7. The minimum absolute atomic E-state index is 0.237. The van der Waals surface area contributed by atoms with Crippen molar-refractivity contribution in [1.29, 1.82) is 0 Å². The van der Waals surface area contributed by atoms with Crippen LogP contribution in [0.4, 0.5) is 5.69 Å². The SMILES string of the molecule is Cc1nc(-c2ccc(C)c(S(=O)(=O)Nc3ccc(Cl)cc3)c2)cs1. The van der Waals surface area contributed by atoms with Gasteiger partial charge in [-0.25, -0.2) is 13.4 Å². The summed E-state index contributed by atoms with van der Waals surface area (Å²) in [5.74, 6) is 0. The van der Waals surface area contributed by atoms with Crippen LogP contribution < -0.4 is 4.72 Å². The fourth-order valence-electron chi connectivity index (χ4n) is 2.27. The number of benzene rings is 2. The van der Waals surface area contributed by atoms with Crippen molar-refractivity contribution < 1.29 is 8.42 Å². The van der Waals surface area contributed by atoms with Crippen molar-refractivity contribution in [3.8, 4) is 11.3 Å². The van der Waals surface area contributed by atoms with Crippen LogP contribution >= 0.6 is 22.9 Å². The zero-order chi connectivity index (χ0) is 17.3. The molecular formula is C17H15ClN2O2S2. The molecule has 0 saturated heterocycles. The number of halogens is 1. The average Bonchev–Trinajstić information content (AvgIpc) is 2.96. The predicted molar refractivity (Wildman–Crippen MR) is 99.3 cm³/mol. The lowest BCUT2D eigenvalue weighted by atomic mass is 10.1. The number of thiazole rings is 1. The van der Waals surface area contributed by atoms with Gasteiger partial charge in [-0.15, -0.1) is 11.3 Å². The Hall–Kier alpha value is -1.89. The van der Waals surface area contributed by atoms with E-state index in [0.717, 1.165) is 16.3 Å². The van der Waals surface area contributed by atoms with E-state index in [9.17, 15) is 8.42 Å². The number of nitrogens with zero attached hydrogens (tertiary/aromatic N) is 1. The summed E-state index contributed by atoms with van der Waals surface area (Å²) in [4.78, 5) is 4.65. The Morgan fingerprint density at radius 1 is 1.08 bits per heavy atom. The van der Waals surface area contributed by atoms with Gasteiger partial charge in [0.05, 0.1) is 15.6 Å². The summed E-state index contributed by atoms with van der Waals surface area (Å²) >= 11 is 7.36. The Balaban J connectivity index is 1.99. The molecule has 0 unspecified atom stereocenters. The van der Waals surface area contributed by atoms with E-state index in [4.69, 9.17) is 11.6 Å². The molecule has 0 radical (unpaired) electrons. The van der Waals surface area contributed by atoms with Crippen molar-refractivity contribution in [3.63, 3.8) is 0 Å². The third-order valence-corrected chi connectivity index (χ3v) is 6.04. The van der Waals surface area contributed by atoms with Crippen molar-refractivity contribution in [1.82, 2.24) is 4.98 Å². The Morgan fingerprint density at radius 2 is 1.79 bits per heavy atom. The van der Waals surface area contributed by atoms with Gasteiger partial charge in [-0.05, 0) is 49.7 Å². The molecule has 0 aliphatic rings. The van der Waals surface area contributed by atoms with Crippen molar-refractivity contribution in [2.75, 3.05) is 4.72 Å². The summed E-state index contributed by atoms with van der Waals surface area (Å²) < 4.78 is 28.1. The van der Waals surface area contributed by atoms with E-state index >= 15 is 0 Å². The van der Waals surface area contributed by atoms with Gasteiger partial charge in [0, 0.05) is 21.7 Å². The fourth-order valence-corrected chi connectivity index (χ4v) is 4.35. The quantitative estimate of drug-likeness (QED) is 0.703. The first-order chi connectivity index (χ1) is 11.3. The molecule has 0 saturated carbocycles. The smallest absolute Gasteiger partial charge is 0.262 e. The summed E-state index contributed by atoms with van der Waals surface area (Å²) in [6, 6.07) is 11.9. The number of sulfonamides is 1. The van der Waals surface area contributed by atoms with Crippen LogP contribution in [0.5, 0.6) is 0 Å². The molecule has 3 rings (SSSR count). The standard InChI is InChI=1S/C17H15ClN2O2S2/c1-11-3-4-13(16-10-23-12(2)19-16)9-17(11)24(21,22)20-15-7-5-14(18)6-8-15/h3-10,20H,1-2H3. The van der Waals surface area contributed by atoms with E-state index in [0.29, 0.717) is 16.3 Å². The Bertz CT molecular complexity index is 980. The first-order valence-electron chi connectivity index (χ1n) is 7.17. The van der Waals surface area contributed by atoms with Crippen molar-refractivity contribution in [3.05, 3.63) is 63.4 Å². The zero-order valence-corrected chi connectivity index (χ0v) is 15.5. The molecule has 1 N–H and O–H groups in total. The van der Waals surface area contributed by atoms with Crippen LogP contribution in [0.1, 0.15) is 10.6 Å². The zero-order valence-electron chi connectivity index (χ0n) is 13.1. The van der Waals surface area contributed by atoms with Gasteiger partial charge in [0.1, 0.15) is 0 Å². The van der Waals surface area contributed by atoms with Crippen LogP contribution in [-0.2, 0) is 10.0 Å². The van der Waals surface area contributed by atoms with Gasteiger partial charge in [0.25, 0.3) is 10.0 Å². The molecule has 0 spiro atoms. The molecular weight excluding hydrogens is 364 g/mol. The number of aryl methyl sites for hydroxylation is 2. The topological polar surface area (TPSA) is 59.1 Å². The molecule has 4 nitrogen and oxygen atoms in total. The minimum atomic E-state index is -3.70. The highest BCUT2D eigenvalue weighted by molar-refractivity contribution is 7.92. The Morgan fingerprint density at radius 3 is 2.42 bits per heavy atom. The molecule has 0 amide bonds. The van der Waals surface area contributed by atoms with Crippen LogP contribution in [0.25, 0.3) is 11.3 Å². The molecule has 3 aromatic rings. The van der Waals surface area contributed by atoms with Gasteiger partial charge >= 0.3 is 0 Å². The highest BCUT2D eigenvalue weighted by Gasteiger charge is 2.18. The first kappa shape index (κ1) is 17.0. The maximum Gasteiger partial charge on any atom is 0.262 e. The van der Waals surface area contributed by atoms with Gasteiger partial charge in [-0.1, -0.05) is 23.7 Å². The maximum absolute atomic E-state index is 12.7. The Kier molecular flexibility index (Phi) is 4.62. The van der Waals surface area contributed by atoms with Crippen LogP contribution in [0.2, 0.25) is 5.02 Å². The van der Waals surface area contributed by atoms with E-state index in [2.05, 4.69) is 9.71 Å². The summed E-state index contributed by atoms with van der Waals surface area (Å²) in [5.41, 5.74) is 2.70. The minimum Gasteiger partial charge on any atom is -0.280 e. The van der Waals surface area contributed by atoms with E-state index in [1.807, 2.05) is 18.4 Å². The number of anilines is 1. The number of nitrogens with one attached hydrogen (secondary N) is 1. The second-order valence-corrected chi connectivity index (χ2v) is 8.49. The second-order valence-electron chi connectivity index (χ2n) is 5.34. The normalized spacial score (nSPS) is 11.5. The summed E-state index contributed by atoms with van der Waals surface area (Å²) in [7, 11) is -3.70. The molecule has 24 heavy (non-hydrogen) atoms. The van der Waals surface area contributed by atoms with Crippen molar-refractivity contribution in [2.45, 2.75) is 18.7 Å². The lowest BCUT2D eigenvalue weighted by Crippen LogP contribution is -2.14. The number of hydrogen-bond acceptors (Lipinski definition) is 4. The van der Waals surface area contributed by atoms with Gasteiger partial charge in [0.2, 0.25) is 0 Å². The number of hydrogen-bond donors (Lipinski definition) is 1. The van der Waals surface area contributed by atoms with Crippen LogP contribution in [0.3, 0.4) is 0 Å². The van der Waals surface area contributed by atoms with Gasteiger partial charge in [-0.3, -0.25) is 4.72 Å². The van der Waals surface area contributed by atoms with Gasteiger partial charge in [0.15, 0.2) is 0 Å². The van der Waals surface area contributed by atoms with E-state index in [1.54, 1.807) is 43.3 Å². The molecule has 2 aromatic carbocycles. The third kappa shape index (κ3) is 3.61. The molecule has 0 aliphatic heterocycles. The number of rotatable bonds is 4. The summed E-state index contributed by atoms with van der Waals surface area (Å²) in [5, 5.41) is 3.41. The highest BCUT2D eigenvalue weighted by Crippen LogP contribution is 2.27. The van der Waals surface area contributed by atoms with E-state index < -0.39 is 10.0 Å². The molecule has 1 heterocycles. The molecule has 0 aliphatic carbocycles. The molecule has 0 atom stereocenters. The summed E-state index contributed by atoms with van der Waals surface area (Å²) in [6.07, 6.45) is 0. The van der Waals surface area contributed by atoms with E-state index in [-0.39, 0.29) is 4.90 Å². The molecule has 7 heteroatoms. The molecule has 124 valence electrons. The molecule has 1 aromatic heterocycles. The predicted octanol–water partition coefficient (Wildman–Crippen LogP) is 4.88. The summed E-state index contributed by atoms with van der Waals surface area (Å²) in [6.45, 7) is 3.69. The lowest BCUT2D eigenvalue weighted by Gasteiger charge is -2.11. The van der Waals surface area contributed by atoms with Crippen LogP contribution in [-0.4, -0.2) is 13.4 Å². The fraction of sp³-hybridized carbons (Fsp3) is 0.118. The Labute approximate surface area is 150 Å². The van der Waals surface area contributed by atoms with Crippen LogP contribution in [0.15, 0.2) is 52.7 Å². The number of aromatic nitrogens is 1. The van der Waals surface area contributed by atoms with Crippen molar-refractivity contribution >= 4 is 38.6 Å². The lowest BCUT2D eigenvalue weighted by molar-refractivity contribution is 0.600. The van der Waals surface area contributed by atoms with Gasteiger partial charge in [-0.2, -0.15) is 0 Å². The van der Waals surface area contributed by atoms with Crippen LogP contribution in [0, 0.1) is 13.8 Å². The molecule has 0 fully saturated rings. The first-order valence-corrected chi connectivity index (χ1v) is 9.91. The monoisotopic (exact) mass is 378 g/mol. The molecule has 0 bridgehead atoms.